The fourth-order valence-corrected chi connectivity index (χ4v) is 6.07. The maximum atomic E-state index is 12.2. The van der Waals surface area contributed by atoms with E-state index in [9.17, 15) is 9.59 Å². The number of hydrogen-bond acceptors (Lipinski definition) is 3. The number of ether oxygens (including phenoxy) is 1. The van der Waals surface area contributed by atoms with Crippen LogP contribution in [0.1, 0.15) is 216 Å². The second kappa shape index (κ2) is 44.8. The van der Waals surface area contributed by atoms with Gasteiger partial charge in [0.2, 0.25) is 0 Å². The number of halogens is 2. The van der Waals surface area contributed by atoms with Crippen LogP contribution in [0, 0.1) is 0 Å². The predicted octanol–water partition coefficient (Wildman–Crippen LogP) is 7.65. The number of rotatable bonds is 32. The molecule has 7 heteroatoms. The summed E-state index contributed by atoms with van der Waals surface area (Å²) >= 11 is 2.15. The van der Waals surface area contributed by atoms with Crippen molar-refractivity contribution < 1.29 is 98.1 Å². The molecule has 0 aromatic rings. The largest absolute Gasteiger partial charge is 1.00 e. The standard InChI is InChI=1S/C36H69IO3.ClH.K.Na.2H/c1-3-5-7-9-11-13-15-17-19-21-23-25-27-29-31-33-35(38)40-36(39)34(37)32-30-28-26-24-22-20-18-16-14-12-10-8-6-4-2;;;;;/h34H,3-33H2,1-2H3;1H;;;;/q;;2*+1;2*-1. The Kier molecular flexibility index (Phi) is 54.8. The van der Waals surface area contributed by atoms with E-state index in [1.807, 2.05) is 0 Å². The van der Waals surface area contributed by atoms with E-state index in [0.717, 1.165) is 25.7 Å². The first-order valence-corrected chi connectivity index (χ1v) is 19.2. The fraction of sp³-hybridized carbons (Fsp3) is 0.944. The number of alkyl halides is 1. The van der Waals surface area contributed by atoms with Crippen molar-refractivity contribution in [3.8, 4) is 0 Å². The summed E-state index contributed by atoms with van der Waals surface area (Å²) in [6.07, 6.45) is 39.5. The first-order chi connectivity index (χ1) is 19.6. The number of carbonyl (C=O) groups is 2. The molecule has 0 spiro atoms. The van der Waals surface area contributed by atoms with Crippen LogP contribution in [0.3, 0.4) is 0 Å². The second-order valence-corrected chi connectivity index (χ2v) is 13.8. The van der Waals surface area contributed by atoms with Crippen molar-refractivity contribution in [2.45, 2.75) is 217 Å². The van der Waals surface area contributed by atoms with Crippen molar-refractivity contribution in [1.82, 2.24) is 0 Å². The van der Waals surface area contributed by atoms with Gasteiger partial charge >= 0.3 is 92.9 Å². The molecule has 0 aliphatic heterocycles. The minimum Gasteiger partial charge on any atom is -1.00 e. The molecule has 0 rings (SSSR count). The Bertz CT molecular complexity index is 568. The molecule has 250 valence electrons. The monoisotopic (exact) mass is 776 g/mol. The van der Waals surface area contributed by atoms with Crippen LogP contribution >= 0.6 is 35.0 Å². The Morgan fingerprint density at radius 3 is 1.07 bits per heavy atom. The van der Waals surface area contributed by atoms with Gasteiger partial charge in [-0.15, -0.1) is 12.4 Å². The maximum Gasteiger partial charge on any atom is 1.00 e. The third-order valence-corrected chi connectivity index (χ3v) is 9.40. The number of hydrogen-bond donors (Lipinski definition) is 0. The van der Waals surface area contributed by atoms with Crippen LogP contribution in [0.5, 0.6) is 0 Å². The molecule has 0 aliphatic carbocycles. The molecule has 1 atom stereocenters. The van der Waals surface area contributed by atoms with E-state index in [-0.39, 0.29) is 112 Å². The molecule has 0 N–H and O–H groups in total. The maximum absolute atomic E-state index is 12.2. The van der Waals surface area contributed by atoms with Crippen LogP contribution in [0.4, 0.5) is 0 Å². The molecule has 0 radical (unpaired) electrons. The minimum absolute atomic E-state index is 0. The summed E-state index contributed by atoms with van der Waals surface area (Å²) < 4.78 is 4.92. The quantitative estimate of drug-likeness (QED) is 0.0176. The van der Waals surface area contributed by atoms with Crippen molar-refractivity contribution in [2.24, 2.45) is 0 Å². The van der Waals surface area contributed by atoms with Crippen LogP contribution in [-0.4, -0.2) is 15.9 Å². The SMILES string of the molecule is CCCCCCCCCCCCCCCCCC(=O)OC(=O)C(I)CCCCCCCCCCCCCCCC.Cl.[H-].[H-].[K+].[Na+]. The fourth-order valence-electron chi connectivity index (χ4n) is 5.50. The summed E-state index contributed by atoms with van der Waals surface area (Å²) in [6, 6.07) is 0. The van der Waals surface area contributed by atoms with Crippen molar-refractivity contribution >= 4 is 46.9 Å². The van der Waals surface area contributed by atoms with Crippen LogP contribution in [-0.2, 0) is 14.3 Å². The molecule has 3 nitrogen and oxygen atoms in total. The molecule has 0 aliphatic rings. The Morgan fingerprint density at radius 2 is 0.767 bits per heavy atom. The Labute approximate surface area is 357 Å². The zero-order chi connectivity index (χ0) is 29.4. The molecule has 0 heterocycles. The second-order valence-electron chi connectivity index (χ2n) is 12.3. The van der Waals surface area contributed by atoms with E-state index in [2.05, 4.69) is 36.4 Å². The van der Waals surface area contributed by atoms with Gasteiger partial charge in [-0.2, -0.15) is 0 Å². The van der Waals surface area contributed by atoms with Gasteiger partial charge in [-0.3, -0.25) is 9.59 Å². The van der Waals surface area contributed by atoms with Gasteiger partial charge in [-0.05, 0) is 12.8 Å². The van der Waals surface area contributed by atoms with Gasteiger partial charge in [0.1, 0.15) is 3.92 Å². The van der Waals surface area contributed by atoms with E-state index in [4.69, 9.17) is 4.74 Å². The summed E-state index contributed by atoms with van der Waals surface area (Å²) in [5.41, 5.74) is 0. The third kappa shape index (κ3) is 42.8. The molecular weight excluding hydrogens is 705 g/mol. The number of carbonyl (C=O) groups excluding carboxylic acids is 2. The summed E-state index contributed by atoms with van der Waals surface area (Å²) in [5.74, 6) is -0.663. The molecule has 1 unspecified atom stereocenters. The van der Waals surface area contributed by atoms with Crippen LogP contribution in [0.2, 0.25) is 0 Å². The van der Waals surface area contributed by atoms with Gasteiger partial charge in [-0.25, -0.2) is 0 Å². The van der Waals surface area contributed by atoms with E-state index in [1.165, 1.54) is 167 Å². The summed E-state index contributed by atoms with van der Waals surface area (Å²) in [5, 5.41) is 0. The molecule has 0 saturated heterocycles. The van der Waals surface area contributed by atoms with E-state index in [1.54, 1.807) is 0 Å². The van der Waals surface area contributed by atoms with Crippen molar-refractivity contribution in [3.05, 3.63) is 0 Å². The molecule has 0 aromatic heterocycles. The van der Waals surface area contributed by atoms with Gasteiger partial charge in [0.15, 0.2) is 0 Å². The number of unbranched alkanes of at least 4 members (excludes halogenated alkanes) is 27. The number of esters is 2. The molecule has 0 bridgehead atoms. The summed E-state index contributed by atoms with van der Waals surface area (Å²) in [7, 11) is 0. The van der Waals surface area contributed by atoms with Crippen molar-refractivity contribution in [1.29, 1.82) is 0 Å². The van der Waals surface area contributed by atoms with Crippen LogP contribution < -0.4 is 80.9 Å². The van der Waals surface area contributed by atoms with Crippen LogP contribution in [0.15, 0.2) is 0 Å². The molecule has 0 saturated carbocycles. The van der Waals surface area contributed by atoms with Crippen LogP contribution in [0.25, 0.3) is 0 Å². The van der Waals surface area contributed by atoms with E-state index < -0.39 is 0 Å². The zero-order valence-electron chi connectivity index (χ0n) is 31.5. The normalized spacial score (nSPS) is 11.2. The molecular formula is C36H72ClIKNaO3. The summed E-state index contributed by atoms with van der Waals surface area (Å²) in [6.45, 7) is 4.55. The van der Waals surface area contributed by atoms with E-state index >= 15 is 0 Å². The van der Waals surface area contributed by atoms with Gasteiger partial charge in [-0.1, -0.05) is 216 Å². The molecule has 0 aromatic carbocycles. The molecule has 0 amide bonds. The predicted molar refractivity (Wildman–Crippen MR) is 193 cm³/mol. The Balaban J connectivity index is -0.000000760. The van der Waals surface area contributed by atoms with Crippen molar-refractivity contribution in [3.63, 3.8) is 0 Å². The molecule has 0 fully saturated rings. The third-order valence-electron chi connectivity index (χ3n) is 8.27. The van der Waals surface area contributed by atoms with Gasteiger partial charge in [0.05, 0.1) is 0 Å². The van der Waals surface area contributed by atoms with Crippen molar-refractivity contribution in [2.75, 3.05) is 0 Å². The topological polar surface area (TPSA) is 43.4 Å². The first kappa shape index (κ1) is 52.6. The van der Waals surface area contributed by atoms with Gasteiger partial charge in [0.25, 0.3) is 0 Å². The zero-order valence-corrected chi connectivity index (χ0v) is 37.6. The van der Waals surface area contributed by atoms with Gasteiger partial charge < -0.3 is 7.59 Å². The average molecular weight is 777 g/mol. The smallest absolute Gasteiger partial charge is 1.00 e. The van der Waals surface area contributed by atoms with Gasteiger partial charge in [0, 0.05) is 6.42 Å². The average Bonchev–Trinajstić information content (AvgIpc) is 2.95. The Hall–Kier alpha value is 2.80. The Morgan fingerprint density at radius 1 is 0.512 bits per heavy atom. The first-order valence-electron chi connectivity index (χ1n) is 18.0. The minimum atomic E-state index is -0.332. The van der Waals surface area contributed by atoms with E-state index in [0.29, 0.717) is 6.42 Å². The molecule has 43 heavy (non-hydrogen) atoms. The summed E-state index contributed by atoms with van der Waals surface area (Å²) in [4.78, 5) is 24.3.